The minimum Gasteiger partial charge on any atom is -0.444 e. The number of nitrogens with two attached hydrogens (primary N) is 1. The number of aryl methyl sites for hydroxylation is 1. The zero-order valence-corrected chi connectivity index (χ0v) is 20.2. The molecule has 1 heterocycles. The molecule has 186 valence electrons. The minimum absolute atomic E-state index is 0.0252. The number of ether oxygens (including phenoxy) is 1. The highest BCUT2D eigenvalue weighted by atomic mass is 16.6. The molecular formula is C27H34N4O4. The number of carbonyl (C=O) groups is 3. The van der Waals surface area contributed by atoms with Crippen molar-refractivity contribution in [3.63, 3.8) is 0 Å². The molecule has 1 saturated carbocycles. The van der Waals surface area contributed by atoms with Gasteiger partial charge in [-0.3, -0.25) is 14.5 Å². The number of hydrogen-bond acceptors (Lipinski definition) is 5. The highest BCUT2D eigenvalue weighted by Gasteiger charge is 2.42. The fraction of sp³-hybridized carbons (Fsp3) is 0.444. The van der Waals surface area contributed by atoms with Gasteiger partial charge in [-0.15, -0.1) is 0 Å². The summed E-state index contributed by atoms with van der Waals surface area (Å²) < 4.78 is 5.55. The topological polar surface area (TPSA) is 105 Å². The molecule has 1 aliphatic heterocycles. The summed E-state index contributed by atoms with van der Waals surface area (Å²) in [6.45, 7) is 2.75. The number of nitrogens with one attached hydrogen (secondary N) is 1. The number of carbonyl (C=O) groups excluding carboxylic acids is 3. The van der Waals surface area contributed by atoms with Crippen molar-refractivity contribution >= 4 is 17.9 Å². The maximum absolute atomic E-state index is 13.6. The molecule has 0 spiro atoms. The van der Waals surface area contributed by atoms with Gasteiger partial charge in [-0.1, -0.05) is 48.0 Å². The zero-order valence-electron chi connectivity index (χ0n) is 20.2. The van der Waals surface area contributed by atoms with Crippen LogP contribution in [0.4, 0.5) is 4.79 Å². The monoisotopic (exact) mass is 478 g/mol. The van der Waals surface area contributed by atoms with Gasteiger partial charge in [-0.05, 0) is 56.7 Å². The summed E-state index contributed by atoms with van der Waals surface area (Å²) in [7, 11) is 0. The highest BCUT2D eigenvalue weighted by Crippen LogP contribution is 2.22. The Labute approximate surface area is 206 Å². The summed E-state index contributed by atoms with van der Waals surface area (Å²) in [4.78, 5) is 43.0. The van der Waals surface area contributed by atoms with Crippen LogP contribution in [0, 0.1) is 6.92 Å². The fourth-order valence-electron chi connectivity index (χ4n) is 4.71. The molecule has 1 atom stereocenters. The van der Waals surface area contributed by atoms with Crippen LogP contribution in [0.2, 0.25) is 0 Å². The van der Waals surface area contributed by atoms with E-state index in [1.165, 1.54) is 9.80 Å². The van der Waals surface area contributed by atoms with Gasteiger partial charge < -0.3 is 20.7 Å². The van der Waals surface area contributed by atoms with Crippen LogP contribution < -0.4 is 11.1 Å². The van der Waals surface area contributed by atoms with E-state index in [0.29, 0.717) is 25.1 Å². The van der Waals surface area contributed by atoms with Gasteiger partial charge in [0.2, 0.25) is 0 Å². The van der Waals surface area contributed by atoms with Crippen molar-refractivity contribution in [3.8, 4) is 0 Å². The number of benzene rings is 2. The average Bonchev–Trinajstić information content (AvgIpc) is 2.88. The normalized spacial score (nSPS) is 22.4. The second kappa shape index (κ2) is 11.4. The molecule has 2 aromatic rings. The van der Waals surface area contributed by atoms with E-state index in [0.717, 1.165) is 36.8 Å². The Balaban J connectivity index is 1.54. The van der Waals surface area contributed by atoms with E-state index in [-0.39, 0.29) is 30.5 Å². The molecule has 1 saturated heterocycles. The van der Waals surface area contributed by atoms with Crippen LogP contribution in [-0.2, 0) is 16.1 Å². The Morgan fingerprint density at radius 2 is 1.60 bits per heavy atom. The Bertz CT molecular complexity index is 1020. The van der Waals surface area contributed by atoms with Crippen molar-refractivity contribution in [1.29, 1.82) is 0 Å². The quantitative estimate of drug-likeness (QED) is 0.687. The second-order valence-electron chi connectivity index (χ2n) is 9.45. The van der Waals surface area contributed by atoms with Gasteiger partial charge in [-0.25, -0.2) is 4.79 Å². The van der Waals surface area contributed by atoms with Gasteiger partial charge in [0.05, 0.1) is 0 Å². The van der Waals surface area contributed by atoms with Crippen LogP contribution in [0.5, 0.6) is 0 Å². The molecule has 8 nitrogen and oxygen atoms in total. The molecule has 2 aromatic carbocycles. The summed E-state index contributed by atoms with van der Waals surface area (Å²) in [5.74, 6) is -0.640. The molecule has 8 heteroatoms. The molecule has 2 fully saturated rings. The van der Waals surface area contributed by atoms with Crippen LogP contribution in [0.1, 0.15) is 53.6 Å². The first-order valence-electron chi connectivity index (χ1n) is 12.3. The standard InChI is InChI=1S/C27H34N4O4/c1-19-8-10-21(11-9-19)26(33)30-16-5-17-31(27(34)35-18-20-6-3-2-4-7-20)25(30)24(32)29-23-14-12-22(28)13-15-23/h2-4,6-11,22-23,25H,5,12-18,28H2,1H3,(H,29,32). The van der Waals surface area contributed by atoms with Gasteiger partial charge in [0.25, 0.3) is 11.8 Å². The summed E-state index contributed by atoms with van der Waals surface area (Å²) >= 11 is 0. The smallest absolute Gasteiger partial charge is 0.412 e. The lowest BCUT2D eigenvalue weighted by Crippen LogP contribution is -2.64. The third-order valence-corrected chi connectivity index (χ3v) is 6.74. The van der Waals surface area contributed by atoms with E-state index in [1.54, 1.807) is 12.1 Å². The Morgan fingerprint density at radius 3 is 2.29 bits per heavy atom. The Morgan fingerprint density at radius 1 is 0.943 bits per heavy atom. The lowest BCUT2D eigenvalue weighted by molar-refractivity contribution is -0.134. The van der Waals surface area contributed by atoms with Gasteiger partial charge in [0.15, 0.2) is 6.17 Å². The van der Waals surface area contributed by atoms with Crippen molar-refractivity contribution in [3.05, 3.63) is 71.3 Å². The van der Waals surface area contributed by atoms with Crippen LogP contribution in [0.3, 0.4) is 0 Å². The van der Waals surface area contributed by atoms with Gasteiger partial charge >= 0.3 is 6.09 Å². The minimum atomic E-state index is -1.07. The first-order chi connectivity index (χ1) is 16.9. The van der Waals surface area contributed by atoms with Crippen molar-refractivity contribution in [2.75, 3.05) is 13.1 Å². The van der Waals surface area contributed by atoms with Crippen molar-refractivity contribution in [1.82, 2.24) is 15.1 Å². The fourth-order valence-corrected chi connectivity index (χ4v) is 4.71. The molecular weight excluding hydrogens is 444 g/mol. The number of rotatable bonds is 5. The first-order valence-corrected chi connectivity index (χ1v) is 12.3. The lowest BCUT2D eigenvalue weighted by Gasteiger charge is -2.42. The molecule has 3 amide bonds. The van der Waals surface area contributed by atoms with Gasteiger partial charge in [0.1, 0.15) is 6.61 Å². The van der Waals surface area contributed by atoms with E-state index in [9.17, 15) is 14.4 Å². The molecule has 1 unspecified atom stereocenters. The summed E-state index contributed by atoms with van der Waals surface area (Å²) in [5.41, 5.74) is 8.39. The zero-order chi connectivity index (χ0) is 24.8. The lowest BCUT2D eigenvalue weighted by atomic mass is 9.91. The highest BCUT2D eigenvalue weighted by molar-refractivity contribution is 5.98. The number of nitrogens with zero attached hydrogens (tertiary/aromatic N) is 2. The molecule has 35 heavy (non-hydrogen) atoms. The molecule has 0 aromatic heterocycles. The predicted octanol–water partition coefficient (Wildman–Crippen LogP) is 3.19. The summed E-state index contributed by atoms with van der Waals surface area (Å²) in [6.07, 6.45) is 2.11. The van der Waals surface area contributed by atoms with Gasteiger partial charge in [0, 0.05) is 30.7 Å². The molecule has 3 N–H and O–H groups in total. The van der Waals surface area contributed by atoms with Crippen molar-refractivity contribution in [2.24, 2.45) is 5.73 Å². The van der Waals surface area contributed by atoms with Crippen LogP contribution in [0.25, 0.3) is 0 Å². The van der Waals surface area contributed by atoms with Crippen LogP contribution in [0.15, 0.2) is 54.6 Å². The summed E-state index contributed by atoms with van der Waals surface area (Å²) in [5, 5.41) is 3.08. The first kappa shape index (κ1) is 24.7. The van der Waals surface area contributed by atoms with Crippen LogP contribution >= 0.6 is 0 Å². The van der Waals surface area contributed by atoms with E-state index >= 15 is 0 Å². The molecule has 1 aliphatic carbocycles. The average molecular weight is 479 g/mol. The molecule has 4 rings (SSSR count). The number of hydrogen-bond donors (Lipinski definition) is 2. The van der Waals surface area contributed by atoms with Crippen molar-refractivity contribution in [2.45, 2.75) is 63.9 Å². The largest absolute Gasteiger partial charge is 0.444 e. The molecule has 0 bridgehead atoms. The van der Waals surface area contributed by atoms with E-state index in [1.807, 2.05) is 49.4 Å². The summed E-state index contributed by atoms with van der Waals surface area (Å²) in [6, 6.07) is 16.7. The maximum Gasteiger partial charge on any atom is 0.412 e. The van der Waals surface area contributed by atoms with E-state index in [4.69, 9.17) is 10.5 Å². The van der Waals surface area contributed by atoms with E-state index < -0.39 is 12.3 Å². The molecule has 0 radical (unpaired) electrons. The van der Waals surface area contributed by atoms with Crippen LogP contribution in [-0.4, -0.2) is 59.0 Å². The van der Waals surface area contributed by atoms with Gasteiger partial charge in [-0.2, -0.15) is 0 Å². The molecule has 2 aliphatic rings. The number of amides is 3. The maximum atomic E-state index is 13.6. The van der Waals surface area contributed by atoms with E-state index in [2.05, 4.69) is 5.32 Å². The third kappa shape index (κ3) is 6.19. The predicted molar refractivity (Wildman–Crippen MR) is 132 cm³/mol. The van der Waals surface area contributed by atoms with Crippen molar-refractivity contribution < 1.29 is 19.1 Å². The SMILES string of the molecule is Cc1ccc(C(=O)N2CCCN(C(=O)OCc3ccccc3)C2C(=O)NC2CCC(N)CC2)cc1. The Kier molecular flexibility index (Phi) is 8.02. The Hall–Kier alpha value is -3.39. The third-order valence-electron chi connectivity index (χ3n) is 6.74. The second-order valence-corrected chi connectivity index (χ2v) is 9.45.